The van der Waals surface area contributed by atoms with Crippen LogP contribution in [0.2, 0.25) is 0 Å². The summed E-state index contributed by atoms with van der Waals surface area (Å²) in [6.07, 6.45) is -9.59. The highest BCUT2D eigenvalue weighted by molar-refractivity contribution is 5.88. The molecule has 0 unspecified atom stereocenters. The van der Waals surface area contributed by atoms with E-state index in [4.69, 9.17) is 33.2 Å². The van der Waals surface area contributed by atoms with E-state index in [0.717, 1.165) is 12.2 Å². The van der Waals surface area contributed by atoms with Crippen LogP contribution >= 0.6 is 0 Å². The number of aliphatic hydroxyl groups is 6. The third kappa shape index (κ3) is 8.66. The first-order valence-corrected chi connectivity index (χ1v) is 14.8. The molecule has 0 aliphatic carbocycles. The van der Waals surface area contributed by atoms with Crippen LogP contribution in [0, 0.1) is 0 Å². The fraction of sp³-hybridized carbons (Fsp3) is 0.438. The molecule has 2 fully saturated rings. The van der Waals surface area contributed by atoms with Crippen molar-refractivity contribution in [3.05, 3.63) is 59.7 Å². The zero-order valence-corrected chi connectivity index (χ0v) is 26.3. The van der Waals surface area contributed by atoms with Gasteiger partial charge in [0.25, 0.3) is 0 Å². The first kappa shape index (κ1) is 37.5. The van der Waals surface area contributed by atoms with Crippen LogP contribution < -0.4 is 9.47 Å². The monoisotopic (exact) mass is 694 g/mol. The van der Waals surface area contributed by atoms with Crippen molar-refractivity contribution in [3.63, 3.8) is 0 Å². The first-order valence-electron chi connectivity index (χ1n) is 14.8. The number of hydrogen-bond donors (Lipinski definition) is 8. The Morgan fingerprint density at radius 2 is 1.43 bits per heavy atom. The van der Waals surface area contributed by atoms with Gasteiger partial charge in [0, 0.05) is 12.2 Å². The minimum Gasteiger partial charge on any atom is -0.508 e. The molecule has 0 spiro atoms. The summed E-state index contributed by atoms with van der Waals surface area (Å²) in [5, 5.41) is 82.2. The number of carbonyl (C=O) groups is 2. The number of ether oxygens (including phenoxy) is 7. The van der Waals surface area contributed by atoms with Crippen molar-refractivity contribution in [2.75, 3.05) is 34.0 Å². The van der Waals surface area contributed by atoms with Crippen molar-refractivity contribution in [1.82, 2.24) is 0 Å². The smallest absolute Gasteiger partial charge is 0.331 e. The number of methoxy groups -OCH3 is 2. The molecule has 0 amide bonds. The summed E-state index contributed by atoms with van der Waals surface area (Å²) in [5.41, 5.74) is 0.898. The Hall–Kier alpha value is -4.30. The highest BCUT2D eigenvalue weighted by atomic mass is 16.8. The Bertz CT molecular complexity index is 1470. The molecule has 0 aromatic heterocycles. The molecule has 4 rings (SSSR count). The Morgan fingerprint density at radius 1 is 0.816 bits per heavy atom. The molecule has 8 N–H and O–H groups in total. The standard InChI is InChI=1S/C32H38O17/c1-43-19-11-17(12-20(44-2)25(19)38)6-10-24(37)47-30-27(40)21(13-33)48-32(30,15-34)49-31-29(42)28(41)26(39)22(46-31)14-45-23(36)9-5-16-3-7-18(35)8-4-16/h3-12,21-22,26-31,33-35,38-42H,13-15H2,1-2H3/b9-5+,10-6+/t21-,22+,26+,27+,28-,29+,30-,31+,32-/m0/s1. The molecule has 17 nitrogen and oxygen atoms in total. The van der Waals surface area contributed by atoms with E-state index in [1.165, 1.54) is 50.6 Å². The second-order valence-corrected chi connectivity index (χ2v) is 11.0. The largest absolute Gasteiger partial charge is 0.508 e. The van der Waals surface area contributed by atoms with Crippen LogP contribution in [0.5, 0.6) is 23.0 Å². The molecular formula is C32H38O17. The molecule has 17 heteroatoms. The number of aromatic hydroxyl groups is 2. The molecule has 2 heterocycles. The molecule has 2 aromatic rings. The average molecular weight is 695 g/mol. The maximum absolute atomic E-state index is 12.9. The summed E-state index contributed by atoms with van der Waals surface area (Å²) in [6.45, 7) is -2.61. The molecule has 2 aliphatic rings. The summed E-state index contributed by atoms with van der Waals surface area (Å²) in [7, 11) is 2.62. The fourth-order valence-corrected chi connectivity index (χ4v) is 5.06. The van der Waals surface area contributed by atoms with Gasteiger partial charge in [-0.05, 0) is 47.5 Å². The number of phenols is 2. The minimum atomic E-state index is -2.48. The third-order valence-corrected chi connectivity index (χ3v) is 7.71. The zero-order chi connectivity index (χ0) is 35.9. The number of carbonyl (C=O) groups excluding carboxylic acids is 2. The van der Waals surface area contributed by atoms with E-state index in [9.17, 15) is 50.4 Å². The Balaban J connectivity index is 1.48. The van der Waals surface area contributed by atoms with Gasteiger partial charge in [0.2, 0.25) is 11.5 Å². The number of hydrogen-bond acceptors (Lipinski definition) is 17. The molecule has 0 bridgehead atoms. The SMILES string of the molecule is COc1cc(/C=C/C(=O)O[C@H]2[C@H](O)[C@H](CO)O[C@@]2(CO)O[C@H]2O[C@H](COC(=O)/C=C/c3ccc(O)cc3)[C@@H](O)[C@H](O)[C@H]2O)cc(OC)c1O. The Morgan fingerprint density at radius 3 is 2.02 bits per heavy atom. The van der Waals surface area contributed by atoms with Crippen molar-refractivity contribution in [2.24, 2.45) is 0 Å². The molecule has 0 saturated carbocycles. The predicted molar refractivity (Wildman–Crippen MR) is 164 cm³/mol. The van der Waals surface area contributed by atoms with Crippen molar-refractivity contribution < 1.29 is 83.6 Å². The minimum absolute atomic E-state index is 0.0303. The number of phenolic OH excluding ortho intramolecular Hbond substituents is 2. The van der Waals surface area contributed by atoms with E-state index < -0.39 is 86.6 Å². The van der Waals surface area contributed by atoms with Gasteiger partial charge in [-0.1, -0.05) is 12.1 Å². The van der Waals surface area contributed by atoms with Crippen LogP contribution in [0.25, 0.3) is 12.2 Å². The Labute approximate surface area is 279 Å². The van der Waals surface area contributed by atoms with Gasteiger partial charge in [-0.25, -0.2) is 9.59 Å². The lowest BCUT2D eigenvalue weighted by atomic mass is 9.99. The van der Waals surface area contributed by atoms with Gasteiger partial charge in [0.1, 0.15) is 55.6 Å². The zero-order valence-electron chi connectivity index (χ0n) is 26.3. The van der Waals surface area contributed by atoms with Gasteiger partial charge < -0.3 is 74.0 Å². The topological polar surface area (TPSA) is 261 Å². The lowest BCUT2D eigenvalue weighted by molar-refractivity contribution is -0.383. The molecule has 9 atom stereocenters. The molecule has 0 radical (unpaired) electrons. The van der Waals surface area contributed by atoms with Crippen LogP contribution in [0.4, 0.5) is 0 Å². The second kappa shape index (κ2) is 16.4. The molecule has 2 saturated heterocycles. The third-order valence-electron chi connectivity index (χ3n) is 7.71. The van der Waals surface area contributed by atoms with Crippen molar-refractivity contribution in [1.29, 1.82) is 0 Å². The van der Waals surface area contributed by atoms with E-state index in [1.807, 2.05) is 0 Å². The average Bonchev–Trinajstić information content (AvgIpc) is 3.36. The molecule has 2 aliphatic heterocycles. The van der Waals surface area contributed by atoms with Crippen molar-refractivity contribution in [3.8, 4) is 23.0 Å². The number of aliphatic hydroxyl groups excluding tert-OH is 6. The van der Waals surface area contributed by atoms with Gasteiger partial charge in [-0.15, -0.1) is 0 Å². The predicted octanol–water partition coefficient (Wildman–Crippen LogP) is -1.44. The van der Waals surface area contributed by atoms with Crippen LogP contribution in [0.3, 0.4) is 0 Å². The lowest BCUT2D eigenvalue weighted by Crippen LogP contribution is -2.63. The van der Waals surface area contributed by atoms with E-state index >= 15 is 0 Å². The van der Waals surface area contributed by atoms with Crippen LogP contribution in [-0.2, 0) is 33.3 Å². The number of esters is 2. The summed E-state index contributed by atoms with van der Waals surface area (Å²) < 4.78 is 37.5. The fourth-order valence-electron chi connectivity index (χ4n) is 5.06. The molecule has 49 heavy (non-hydrogen) atoms. The molecular weight excluding hydrogens is 656 g/mol. The molecule has 2 aromatic carbocycles. The lowest BCUT2D eigenvalue weighted by Gasteiger charge is -2.43. The second-order valence-electron chi connectivity index (χ2n) is 11.0. The van der Waals surface area contributed by atoms with E-state index in [-0.39, 0.29) is 23.0 Å². The Kier molecular flexibility index (Phi) is 12.6. The summed E-state index contributed by atoms with van der Waals surface area (Å²) in [6, 6.07) is 8.68. The van der Waals surface area contributed by atoms with Gasteiger partial charge in [0.15, 0.2) is 23.9 Å². The van der Waals surface area contributed by atoms with Gasteiger partial charge >= 0.3 is 11.9 Å². The van der Waals surface area contributed by atoms with E-state index in [1.54, 1.807) is 12.1 Å². The van der Waals surface area contributed by atoms with Crippen molar-refractivity contribution in [2.45, 2.75) is 54.8 Å². The first-order chi connectivity index (χ1) is 23.4. The quantitative estimate of drug-likeness (QED) is 0.0882. The number of benzene rings is 2. The highest BCUT2D eigenvalue weighted by Crippen LogP contribution is 2.39. The maximum Gasteiger partial charge on any atom is 0.331 e. The van der Waals surface area contributed by atoms with E-state index in [0.29, 0.717) is 11.1 Å². The van der Waals surface area contributed by atoms with Crippen molar-refractivity contribution >= 4 is 24.1 Å². The molecule has 268 valence electrons. The summed E-state index contributed by atoms with van der Waals surface area (Å²) in [5.74, 6) is -4.60. The van der Waals surface area contributed by atoms with Crippen LogP contribution in [0.1, 0.15) is 11.1 Å². The highest BCUT2D eigenvalue weighted by Gasteiger charge is 2.60. The summed E-state index contributed by atoms with van der Waals surface area (Å²) in [4.78, 5) is 25.2. The van der Waals surface area contributed by atoms with Crippen LogP contribution in [0.15, 0.2) is 48.6 Å². The van der Waals surface area contributed by atoms with Crippen LogP contribution in [-0.4, -0.2) is 142 Å². The number of rotatable bonds is 13. The van der Waals surface area contributed by atoms with Gasteiger partial charge in [-0.3, -0.25) is 0 Å². The normalized spacial score (nSPS) is 30.0. The van der Waals surface area contributed by atoms with Gasteiger partial charge in [0.05, 0.1) is 20.8 Å². The van der Waals surface area contributed by atoms with E-state index in [2.05, 4.69) is 0 Å². The maximum atomic E-state index is 12.9. The van der Waals surface area contributed by atoms with Gasteiger partial charge in [-0.2, -0.15) is 0 Å². The summed E-state index contributed by atoms with van der Waals surface area (Å²) >= 11 is 0.